The molecule has 2 heterocycles. The zero-order valence-corrected chi connectivity index (χ0v) is 11.1. The maximum absolute atomic E-state index is 6.07. The van der Waals surface area contributed by atoms with Crippen LogP contribution in [0.3, 0.4) is 0 Å². The molecule has 16 heavy (non-hydrogen) atoms. The molecule has 0 unspecified atom stereocenters. The molecule has 0 atom stereocenters. The van der Waals surface area contributed by atoms with Crippen LogP contribution in [0.5, 0.6) is 0 Å². The summed E-state index contributed by atoms with van der Waals surface area (Å²) in [4.78, 5) is 12.5. The average molecular weight is 272 g/mol. The smallest absolute Gasteiger partial charge is 0.156 e. The Balaban J connectivity index is 2.29. The summed E-state index contributed by atoms with van der Waals surface area (Å²) in [5.41, 5.74) is 1.02. The third kappa shape index (κ3) is 2.72. The lowest BCUT2D eigenvalue weighted by Crippen LogP contribution is -1.95. The molecule has 0 saturated heterocycles. The monoisotopic (exact) mass is 271 g/mol. The summed E-state index contributed by atoms with van der Waals surface area (Å²) in [5.74, 6) is 0. The van der Waals surface area contributed by atoms with Gasteiger partial charge in [-0.3, -0.25) is 0 Å². The van der Waals surface area contributed by atoms with Gasteiger partial charge in [0.1, 0.15) is 16.5 Å². The van der Waals surface area contributed by atoms with Gasteiger partial charge in [0.15, 0.2) is 4.34 Å². The number of hydrogen-bond acceptors (Lipinski definition) is 5. The number of halogens is 1. The van der Waals surface area contributed by atoms with Gasteiger partial charge in [0.25, 0.3) is 0 Å². The van der Waals surface area contributed by atoms with Crippen molar-refractivity contribution >= 4 is 34.7 Å². The second kappa shape index (κ2) is 5.61. The van der Waals surface area contributed by atoms with Crippen molar-refractivity contribution in [3.63, 3.8) is 0 Å². The molecule has 0 amide bonds. The summed E-state index contributed by atoms with van der Waals surface area (Å²) >= 11 is 9.21. The van der Waals surface area contributed by atoms with Gasteiger partial charge in [-0.15, -0.1) is 11.3 Å². The van der Waals surface area contributed by atoms with Crippen molar-refractivity contribution in [2.75, 3.05) is 0 Å². The lowest BCUT2D eigenvalue weighted by molar-refractivity contribution is 0.856. The summed E-state index contributed by atoms with van der Waals surface area (Å²) in [7, 11) is 0. The summed E-state index contributed by atoms with van der Waals surface area (Å²) < 4.78 is 0.979. The van der Waals surface area contributed by atoms with Crippen LogP contribution in [0.25, 0.3) is 0 Å². The molecule has 2 aromatic heterocycles. The third-order valence-electron chi connectivity index (χ3n) is 1.95. The highest BCUT2D eigenvalue weighted by molar-refractivity contribution is 8.01. The summed E-state index contributed by atoms with van der Waals surface area (Å²) in [6.45, 7) is 2.11. The zero-order chi connectivity index (χ0) is 11.4. The molecule has 84 valence electrons. The first kappa shape index (κ1) is 11.8. The van der Waals surface area contributed by atoms with Gasteiger partial charge in [-0.1, -0.05) is 24.9 Å². The minimum atomic E-state index is 0.552. The van der Waals surface area contributed by atoms with Crippen molar-refractivity contribution in [3.05, 3.63) is 28.6 Å². The number of aromatic nitrogens is 3. The Kier molecular flexibility index (Phi) is 4.15. The van der Waals surface area contributed by atoms with E-state index in [0.717, 1.165) is 27.8 Å². The van der Waals surface area contributed by atoms with Gasteiger partial charge in [0.05, 0.1) is 0 Å². The highest BCUT2D eigenvalue weighted by Crippen LogP contribution is 2.32. The number of thiazole rings is 1. The molecule has 0 fully saturated rings. The molecule has 0 aromatic carbocycles. The third-order valence-corrected chi connectivity index (χ3v) is 4.20. The van der Waals surface area contributed by atoms with Crippen molar-refractivity contribution < 1.29 is 0 Å². The van der Waals surface area contributed by atoms with Gasteiger partial charge in [0, 0.05) is 17.1 Å². The Bertz CT molecular complexity index is 459. The van der Waals surface area contributed by atoms with E-state index in [2.05, 4.69) is 21.9 Å². The highest BCUT2D eigenvalue weighted by Gasteiger charge is 2.11. The van der Waals surface area contributed by atoms with E-state index in [9.17, 15) is 0 Å². The Morgan fingerprint density at radius 2 is 2.25 bits per heavy atom. The van der Waals surface area contributed by atoms with Gasteiger partial charge in [-0.25, -0.2) is 15.0 Å². The topological polar surface area (TPSA) is 38.7 Å². The Morgan fingerprint density at radius 1 is 1.38 bits per heavy atom. The van der Waals surface area contributed by atoms with Crippen LogP contribution in [0.1, 0.15) is 18.9 Å². The molecular weight excluding hydrogens is 262 g/mol. The predicted octanol–water partition coefficient (Wildman–Crippen LogP) is 3.69. The summed E-state index contributed by atoms with van der Waals surface area (Å²) in [5, 5.41) is 3.41. The molecule has 0 N–H and O–H groups in total. The predicted molar refractivity (Wildman–Crippen MR) is 67.3 cm³/mol. The van der Waals surface area contributed by atoms with Crippen LogP contribution in [0.4, 0.5) is 0 Å². The summed E-state index contributed by atoms with van der Waals surface area (Å²) in [6, 6.07) is 0. The molecule has 0 aliphatic rings. The van der Waals surface area contributed by atoms with E-state index < -0.39 is 0 Å². The van der Waals surface area contributed by atoms with Crippen LogP contribution in [0.2, 0.25) is 5.15 Å². The van der Waals surface area contributed by atoms with Crippen LogP contribution < -0.4 is 0 Å². The number of rotatable bonds is 4. The number of hydrogen-bond donors (Lipinski definition) is 0. The van der Waals surface area contributed by atoms with E-state index in [1.165, 1.54) is 6.33 Å². The molecule has 2 rings (SSSR count). The fourth-order valence-corrected chi connectivity index (χ4v) is 3.21. The Labute approximate surface area is 107 Å². The van der Waals surface area contributed by atoms with Crippen LogP contribution >= 0.6 is 34.7 Å². The maximum Gasteiger partial charge on any atom is 0.156 e. The molecule has 0 aliphatic heterocycles. The van der Waals surface area contributed by atoms with Gasteiger partial charge >= 0.3 is 0 Å². The SMILES string of the molecule is CCCc1c(Cl)ncnc1Sc1nccs1. The highest BCUT2D eigenvalue weighted by atomic mass is 35.5. The van der Waals surface area contributed by atoms with Crippen molar-refractivity contribution in [2.24, 2.45) is 0 Å². The fraction of sp³-hybridized carbons (Fsp3) is 0.300. The maximum atomic E-state index is 6.07. The molecular formula is C10H10ClN3S2. The molecule has 0 aliphatic carbocycles. The Morgan fingerprint density at radius 3 is 2.94 bits per heavy atom. The van der Waals surface area contributed by atoms with Crippen LogP contribution in [0, 0.1) is 0 Å². The van der Waals surface area contributed by atoms with E-state index in [-0.39, 0.29) is 0 Å². The molecule has 0 saturated carbocycles. The Hall–Kier alpha value is -0.650. The second-order valence-electron chi connectivity index (χ2n) is 3.10. The molecule has 2 aromatic rings. The van der Waals surface area contributed by atoms with E-state index in [1.807, 2.05) is 5.38 Å². The lowest BCUT2D eigenvalue weighted by Gasteiger charge is -2.06. The van der Waals surface area contributed by atoms with Crippen molar-refractivity contribution in [3.8, 4) is 0 Å². The van der Waals surface area contributed by atoms with Crippen molar-refractivity contribution in [1.29, 1.82) is 0 Å². The first-order valence-corrected chi connectivity index (χ1v) is 6.95. The zero-order valence-electron chi connectivity index (χ0n) is 8.68. The second-order valence-corrected chi connectivity index (χ2v) is 5.59. The van der Waals surface area contributed by atoms with Crippen molar-refractivity contribution in [1.82, 2.24) is 15.0 Å². The van der Waals surface area contributed by atoms with Crippen LogP contribution in [0.15, 0.2) is 27.3 Å². The molecule has 3 nitrogen and oxygen atoms in total. The van der Waals surface area contributed by atoms with Gasteiger partial charge in [0.2, 0.25) is 0 Å². The molecule has 6 heteroatoms. The fourth-order valence-electron chi connectivity index (χ4n) is 1.27. The minimum absolute atomic E-state index is 0.552. The van der Waals surface area contributed by atoms with Crippen LogP contribution in [-0.2, 0) is 6.42 Å². The van der Waals surface area contributed by atoms with Crippen LogP contribution in [-0.4, -0.2) is 15.0 Å². The number of nitrogens with zero attached hydrogens (tertiary/aromatic N) is 3. The van der Waals surface area contributed by atoms with Gasteiger partial charge in [-0.05, 0) is 18.2 Å². The average Bonchev–Trinajstić information content (AvgIpc) is 2.76. The van der Waals surface area contributed by atoms with E-state index in [0.29, 0.717) is 5.15 Å². The van der Waals surface area contributed by atoms with Gasteiger partial charge in [-0.2, -0.15) is 0 Å². The van der Waals surface area contributed by atoms with E-state index >= 15 is 0 Å². The largest absolute Gasteiger partial charge is 0.238 e. The lowest BCUT2D eigenvalue weighted by atomic mass is 10.2. The van der Waals surface area contributed by atoms with E-state index in [1.54, 1.807) is 29.3 Å². The first-order chi connectivity index (χ1) is 7.81. The molecule has 0 bridgehead atoms. The first-order valence-electron chi connectivity index (χ1n) is 4.88. The van der Waals surface area contributed by atoms with Gasteiger partial charge < -0.3 is 0 Å². The summed E-state index contributed by atoms with van der Waals surface area (Å²) in [6.07, 6.45) is 5.21. The minimum Gasteiger partial charge on any atom is -0.238 e. The normalized spacial score (nSPS) is 10.6. The molecule has 0 radical (unpaired) electrons. The standard InChI is InChI=1S/C10H10ClN3S2/c1-2-3-7-8(11)13-6-14-9(7)16-10-12-4-5-15-10/h4-6H,2-3H2,1H3. The van der Waals surface area contributed by atoms with E-state index in [4.69, 9.17) is 11.6 Å². The van der Waals surface area contributed by atoms with Crippen molar-refractivity contribution in [2.45, 2.75) is 29.1 Å². The molecule has 0 spiro atoms. The quantitative estimate of drug-likeness (QED) is 0.795.